The summed E-state index contributed by atoms with van der Waals surface area (Å²) in [5.41, 5.74) is -3.32. The maximum Gasteiger partial charge on any atom is 0.329 e. The van der Waals surface area contributed by atoms with Crippen LogP contribution in [0.4, 0.5) is 25.0 Å². The first-order valence-electron chi connectivity index (χ1n) is 11.8. The van der Waals surface area contributed by atoms with Gasteiger partial charge in [-0.1, -0.05) is 35.8 Å². The highest BCUT2D eigenvalue weighted by atomic mass is 79.9. The van der Waals surface area contributed by atoms with Crippen LogP contribution in [0.5, 0.6) is 0 Å². The Balaban J connectivity index is 1.60. The minimum atomic E-state index is -2.68. The van der Waals surface area contributed by atoms with Gasteiger partial charge in [0.05, 0.1) is 25.3 Å². The first kappa shape index (κ1) is 25.5. The van der Waals surface area contributed by atoms with Crippen LogP contribution in [0.2, 0.25) is 0 Å². The van der Waals surface area contributed by atoms with Crippen LogP contribution in [0.1, 0.15) is 32.3 Å². The van der Waals surface area contributed by atoms with Gasteiger partial charge in [0.15, 0.2) is 0 Å². The number of rotatable bonds is 6. The number of likely N-dealkylation sites (tertiary alicyclic amines) is 1. The van der Waals surface area contributed by atoms with E-state index >= 15 is 0 Å². The number of piperidine rings is 1. The van der Waals surface area contributed by atoms with Gasteiger partial charge < -0.3 is 20.6 Å². The average molecular weight is 552 g/mol. The van der Waals surface area contributed by atoms with Crippen LogP contribution in [-0.4, -0.2) is 43.2 Å². The predicted octanol–water partition coefficient (Wildman–Crippen LogP) is 2.99. The molecule has 35 heavy (non-hydrogen) atoms. The lowest BCUT2D eigenvalue weighted by molar-refractivity contribution is -0.912. The summed E-state index contributed by atoms with van der Waals surface area (Å²) in [4.78, 5) is 28.4. The van der Waals surface area contributed by atoms with Crippen LogP contribution in [-0.2, 0) is 10.5 Å². The number of fused-ring (bicyclic) bond motifs is 1. The van der Waals surface area contributed by atoms with Crippen LogP contribution in [0.25, 0.3) is 0 Å². The number of carbonyl (C=O) groups is 2. The Kier molecular flexibility index (Phi) is 7.44. The molecule has 188 valence electrons. The summed E-state index contributed by atoms with van der Waals surface area (Å²) in [5.74, 6) is -1.82. The monoisotopic (exact) mass is 551 g/mol. The van der Waals surface area contributed by atoms with Gasteiger partial charge in [-0.05, 0) is 36.8 Å². The molecule has 2 aromatic carbocycles. The summed E-state index contributed by atoms with van der Waals surface area (Å²) in [5, 5.41) is 17.0. The van der Waals surface area contributed by atoms with Crippen molar-refractivity contribution in [3.05, 3.63) is 58.1 Å². The highest BCUT2D eigenvalue weighted by molar-refractivity contribution is 9.10. The molecule has 2 aromatic rings. The Morgan fingerprint density at radius 2 is 1.89 bits per heavy atom. The SMILES string of the molecule is CC1CC(C)C[NH+](CCCNC(=O)C2(O)c3cc(Br)ccc3NC(=O)N2c2c(F)cccc2F)C1. The zero-order valence-corrected chi connectivity index (χ0v) is 21.3. The second kappa shape index (κ2) is 10.2. The Morgan fingerprint density at radius 1 is 1.23 bits per heavy atom. The van der Waals surface area contributed by atoms with E-state index in [4.69, 9.17) is 0 Å². The summed E-state index contributed by atoms with van der Waals surface area (Å²) >= 11 is 3.30. The van der Waals surface area contributed by atoms with Crippen LogP contribution in [0, 0.1) is 23.5 Å². The third-order valence-electron chi connectivity index (χ3n) is 6.67. The maximum absolute atomic E-state index is 14.7. The molecule has 2 aliphatic heterocycles. The zero-order valence-electron chi connectivity index (χ0n) is 19.7. The van der Waals surface area contributed by atoms with Crippen molar-refractivity contribution in [2.24, 2.45) is 11.8 Å². The van der Waals surface area contributed by atoms with Crippen molar-refractivity contribution in [2.75, 3.05) is 36.4 Å². The summed E-state index contributed by atoms with van der Waals surface area (Å²) in [6.45, 7) is 7.72. The lowest BCUT2D eigenvalue weighted by Crippen LogP contribution is -3.14. The fourth-order valence-electron chi connectivity index (χ4n) is 5.33. The minimum Gasteiger partial charge on any atom is -0.359 e. The van der Waals surface area contributed by atoms with E-state index in [0.29, 0.717) is 27.6 Å². The number of carbonyl (C=O) groups excluding carboxylic acids is 2. The summed E-state index contributed by atoms with van der Waals surface area (Å²) in [7, 11) is 0. The Morgan fingerprint density at radius 3 is 2.54 bits per heavy atom. The molecule has 3 atom stereocenters. The average Bonchev–Trinajstić information content (AvgIpc) is 2.78. The standard InChI is InChI=1S/C25H29BrF2N4O3/c1-15-11-16(2)14-31(13-15)10-4-9-29-23(33)25(35)18-12-17(26)7-8-21(18)30-24(34)32(25)22-19(27)5-3-6-20(22)28/h3,5-8,12,15-16,35H,4,9-11,13-14H2,1-2H3,(H,29,33)(H,30,34)/p+1. The fraction of sp³-hybridized carbons (Fsp3) is 0.440. The summed E-state index contributed by atoms with van der Waals surface area (Å²) in [6.07, 6.45) is 1.87. The van der Waals surface area contributed by atoms with Crippen molar-refractivity contribution in [3.8, 4) is 0 Å². The molecule has 0 radical (unpaired) electrons. The third kappa shape index (κ3) is 5.05. The van der Waals surface area contributed by atoms with Crippen molar-refractivity contribution < 1.29 is 28.4 Å². The number of nitrogens with zero attached hydrogens (tertiary/aromatic N) is 1. The van der Waals surface area contributed by atoms with Crippen molar-refractivity contribution in [2.45, 2.75) is 32.4 Å². The molecule has 4 N–H and O–H groups in total. The molecule has 0 spiro atoms. The second-order valence-corrected chi connectivity index (χ2v) is 10.6. The number of aliphatic hydroxyl groups is 1. The number of hydrogen-bond donors (Lipinski definition) is 4. The molecule has 3 unspecified atom stereocenters. The van der Waals surface area contributed by atoms with E-state index in [-0.39, 0.29) is 17.8 Å². The molecule has 2 heterocycles. The maximum atomic E-state index is 14.7. The number of amides is 3. The van der Waals surface area contributed by atoms with Crippen molar-refractivity contribution in [1.82, 2.24) is 5.32 Å². The van der Waals surface area contributed by atoms with Crippen LogP contribution in [0.3, 0.4) is 0 Å². The van der Waals surface area contributed by atoms with Crippen LogP contribution < -0.4 is 20.4 Å². The molecule has 0 aromatic heterocycles. The van der Waals surface area contributed by atoms with Gasteiger partial charge in [0, 0.05) is 34.8 Å². The molecule has 2 aliphatic rings. The first-order valence-corrected chi connectivity index (χ1v) is 12.6. The predicted molar refractivity (Wildman–Crippen MR) is 132 cm³/mol. The second-order valence-electron chi connectivity index (χ2n) is 9.66. The third-order valence-corrected chi connectivity index (χ3v) is 7.17. The zero-order chi connectivity index (χ0) is 25.3. The number of halogens is 3. The quantitative estimate of drug-likeness (QED) is 0.416. The molecule has 0 aliphatic carbocycles. The van der Waals surface area contributed by atoms with E-state index in [1.807, 2.05) is 0 Å². The largest absolute Gasteiger partial charge is 0.359 e. The molecule has 0 bridgehead atoms. The van der Waals surface area contributed by atoms with Gasteiger partial charge in [-0.2, -0.15) is 0 Å². The molecule has 1 fully saturated rings. The topological polar surface area (TPSA) is 86.1 Å². The summed E-state index contributed by atoms with van der Waals surface area (Å²) < 4.78 is 30.0. The van der Waals surface area contributed by atoms with Crippen molar-refractivity contribution >= 4 is 39.2 Å². The molecule has 10 heteroatoms. The number of anilines is 2. The van der Waals surface area contributed by atoms with Gasteiger partial charge in [-0.15, -0.1) is 0 Å². The van der Waals surface area contributed by atoms with Gasteiger partial charge in [-0.3, -0.25) is 4.79 Å². The van der Waals surface area contributed by atoms with E-state index in [1.54, 1.807) is 6.07 Å². The number of benzene rings is 2. The Hall–Kier alpha value is -2.56. The van der Waals surface area contributed by atoms with E-state index in [2.05, 4.69) is 40.4 Å². The molecule has 0 saturated carbocycles. The fourth-order valence-corrected chi connectivity index (χ4v) is 5.69. The summed E-state index contributed by atoms with van der Waals surface area (Å²) in [6, 6.07) is 6.62. The number of quaternary nitrogens is 1. The van der Waals surface area contributed by atoms with E-state index in [1.165, 1.54) is 23.5 Å². The molecular formula is C25H30BrF2N4O3+. The van der Waals surface area contributed by atoms with Gasteiger partial charge in [0.25, 0.3) is 11.6 Å². The highest BCUT2D eigenvalue weighted by Crippen LogP contribution is 2.42. The van der Waals surface area contributed by atoms with E-state index in [0.717, 1.165) is 37.8 Å². The Labute approximate surface area is 211 Å². The van der Waals surface area contributed by atoms with E-state index < -0.39 is 35.0 Å². The Bertz CT molecular complexity index is 1100. The number of urea groups is 1. The van der Waals surface area contributed by atoms with E-state index in [9.17, 15) is 23.5 Å². The molecule has 3 amide bonds. The normalized spacial score (nSPS) is 26.2. The van der Waals surface area contributed by atoms with Crippen LogP contribution >= 0.6 is 15.9 Å². The van der Waals surface area contributed by atoms with Crippen molar-refractivity contribution in [3.63, 3.8) is 0 Å². The first-order chi connectivity index (χ1) is 16.6. The van der Waals surface area contributed by atoms with Crippen LogP contribution in [0.15, 0.2) is 40.9 Å². The van der Waals surface area contributed by atoms with Gasteiger partial charge >= 0.3 is 6.03 Å². The highest BCUT2D eigenvalue weighted by Gasteiger charge is 2.53. The van der Waals surface area contributed by atoms with Gasteiger partial charge in [-0.25, -0.2) is 18.5 Å². The lowest BCUT2D eigenvalue weighted by atomic mass is 9.92. The molecule has 1 saturated heterocycles. The number of hydrogen-bond acceptors (Lipinski definition) is 3. The molecule has 4 rings (SSSR count). The smallest absolute Gasteiger partial charge is 0.329 e. The molecule has 7 nitrogen and oxygen atoms in total. The molecular weight excluding hydrogens is 522 g/mol. The number of para-hydroxylation sites is 1. The van der Waals surface area contributed by atoms with Crippen molar-refractivity contribution in [1.29, 1.82) is 0 Å². The lowest BCUT2D eigenvalue weighted by Gasteiger charge is -2.42. The van der Waals surface area contributed by atoms with Gasteiger partial charge in [0.1, 0.15) is 17.3 Å². The van der Waals surface area contributed by atoms with Gasteiger partial charge in [0.2, 0.25) is 0 Å². The minimum absolute atomic E-state index is 0.00377. The number of nitrogens with one attached hydrogen (secondary N) is 3.